The van der Waals surface area contributed by atoms with Gasteiger partial charge in [0.2, 0.25) is 0 Å². The molecule has 10 aromatic carbocycles. The van der Waals surface area contributed by atoms with Crippen molar-refractivity contribution >= 4 is 54.3 Å². The molecule has 1 heterocycles. The molecule has 0 unspecified atom stereocenters. The van der Waals surface area contributed by atoms with E-state index < -0.39 is 0 Å². The Morgan fingerprint density at radius 2 is 0.673 bits per heavy atom. The zero-order chi connectivity index (χ0) is 36.3. The minimum absolute atomic E-state index is 0.901. The van der Waals surface area contributed by atoms with Crippen molar-refractivity contribution in [1.29, 1.82) is 0 Å². The minimum Gasteiger partial charge on any atom is -0.456 e. The van der Waals surface area contributed by atoms with Gasteiger partial charge in [0.25, 0.3) is 0 Å². The average molecular weight is 699 g/mol. The number of hydrogen-bond acceptors (Lipinski definition) is 1. The van der Waals surface area contributed by atoms with Crippen molar-refractivity contribution in [3.8, 4) is 55.6 Å². The summed E-state index contributed by atoms with van der Waals surface area (Å²) in [5, 5.41) is 9.78. The van der Waals surface area contributed by atoms with Crippen LogP contribution in [-0.4, -0.2) is 0 Å². The molecule has 55 heavy (non-hydrogen) atoms. The molecular formula is C54H34O. The normalized spacial score (nSPS) is 11.6. The summed E-state index contributed by atoms with van der Waals surface area (Å²) in [4.78, 5) is 0. The Morgan fingerprint density at radius 1 is 0.236 bits per heavy atom. The summed E-state index contributed by atoms with van der Waals surface area (Å²) in [5.74, 6) is 0. The molecule has 11 rings (SSSR count). The van der Waals surface area contributed by atoms with Crippen LogP contribution in [0.3, 0.4) is 0 Å². The summed E-state index contributed by atoms with van der Waals surface area (Å²) in [6.07, 6.45) is 0. The van der Waals surface area contributed by atoms with Crippen LogP contribution >= 0.6 is 0 Å². The molecule has 0 spiro atoms. The van der Waals surface area contributed by atoms with Crippen molar-refractivity contribution in [2.75, 3.05) is 0 Å². The van der Waals surface area contributed by atoms with E-state index in [1.165, 1.54) is 88.0 Å². The Morgan fingerprint density at radius 3 is 1.33 bits per heavy atom. The first-order valence-electron chi connectivity index (χ1n) is 18.9. The Labute approximate surface area is 319 Å². The predicted octanol–water partition coefficient (Wildman–Crippen LogP) is 15.4. The molecule has 256 valence electrons. The molecule has 0 aliphatic heterocycles. The van der Waals surface area contributed by atoms with Crippen molar-refractivity contribution in [2.24, 2.45) is 0 Å². The number of rotatable bonds is 5. The SMILES string of the molecule is c1ccc(-c2ccc3oc4ccc(-c5cccc(-c6c7ccccc7c(-c7ccc(-c8cccc9ccccc89)cc7)c7ccccc67)c5)cc4c3c2)cc1. The lowest BCUT2D eigenvalue weighted by molar-refractivity contribution is 0.669. The van der Waals surface area contributed by atoms with E-state index in [1.807, 2.05) is 0 Å². The van der Waals surface area contributed by atoms with Gasteiger partial charge < -0.3 is 4.42 Å². The second-order valence-corrected chi connectivity index (χ2v) is 14.4. The van der Waals surface area contributed by atoms with Gasteiger partial charge in [0, 0.05) is 10.8 Å². The van der Waals surface area contributed by atoms with E-state index in [-0.39, 0.29) is 0 Å². The first-order chi connectivity index (χ1) is 27.3. The van der Waals surface area contributed by atoms with Crippen LogP contribution in [0.4, 0.5) is 0 Å². The fraction of sp³-hybridized carbons (Fsp3) is 0. The van der Waals surface area contributed by atoms with E-state index in [9.17, 15) is 0 Å². The molecule has 0 bridgehead atoms. The fourth-order valence-electron chi connectivity index (χ4n) is 8.67. The first kappa shape index (κ1) is 31.3. The summed E-state index contributed by atoms with van der Waals surface area (Å²) in [6.45, 7) is 0. The lowest BCUT2D eigenvalue weighted by atomic mass is 9.85. The van der Waals surface area contributed by atoms with Gasteiger partial charge in [-0.05, 0) is 118 Å². The van der Waals surface area contributed by atoms with Crippen molar-refractivity contribution in [1.82, 2.24) is 0 Å². The standard InChI is InChI=1S/C54H34O/c1-2-12-35(13-3-1)40-28-30-51-49(33-40)50-34-41(29-31-52(50)55-51)39-16-10-17-42(32-39)54-47-21-8-6-19-45(47)53(46-20-7-9-22-48(46)54)38-26-24-37(25-27-38)44-23-11-15-36-14-4-5-18-43(36)44/h1-34H. The molecule has 0 saturated heterocycles. The van der Waals surface area contributed by atoms with Crippen LogP contribution < -0.4 is 0 Å². The van der Waals surface area contributed by atoms with E-state index in [0.29, 0.717) is 0 Å². The Hall–Kier alpha value is -7.22. The van der Waals surface area contributed by atoms with Gasteiger partial charge in [0.1, 0.15) is 11.2 Å². The molecule has 0 radical (unpaired) electrons. The fourth-order valence-corrected chi connectivity index (χ4v) is 8.67. The van der Waals surface area contributed by atoms with Gasteiger partial charge in [-0.25, -0.2) is 0 Å². The highest BCUT2D eigenvalue weighted by Gasteiger charge is 2.18. The van der Waals surface area contributed by atoms with E-state index in [1.54, 1.807) is 0 Å². The summed E-state index contributed by atoms with van der Waals surface area (Å²) >= 11 is 0. The second kappa shape index (κ2) is 12.7. The number of fused-ring (bicyclic) bond motifs is 6. The zero-order valence-electron chi connectivity index (χ0n) is 30.0. The molecule has 0 aliphatic carbocycles. The molecule has 0 amide bonds. The maximum Gasteiger partial charge on any atom is 0.135 e. The quantitative estimate of drug-likeness (QED) is 0.163. The van der Waals surface area contributed by atoms with Crippen LogP contribution in [0.15, 0.2) is 211 Å². The molecule has 1 aromatic heterocycles. The lowest BCUT2D eigenvalue weighted by Crippen LogP contribution is -1.91. The molecule has 0 atom stereocenters. The van der Waals surface area contributed by atoms with Gasteiger partial charge in [-0.3, -0.25) is 0 Å². The van der Waals surface area contributed by atoms with Gasteiger partial charge in [0.15, 0.2) is 0 Å². The van der Waals surface area contributed by atoms with E-state index in [4.69, 9.17) is 4.42 Å². The number of hydrogen-bond donors (Lipinski definition) is 0. The van der Waals surface area contributed by atoms with Crippen LogP contribution in [0, 0.1) is 0 Å². The van der Waals surface area contributed by atoms with Crippen molar-refractivity contribution in [3.63, 3.8) is 0 Å². The van der Waals surface area contributed by atoms with Crippen LogP contribution in [-0.2, 0) is 0 Å². The highest BCUT2D eigenvalue weighted by atomic mass is 16.3. The third-order valence-corrected chi connectivity index (χ3v) is 11.3. The highest BCUT2D eigenvalue weighted by Crippen LogP contribution is 2.45. The van der Waals surface area contributed by atoms with Crippen molar-refractivity contribution in [3.05, 3.63) is 206 Å². The van der Waals surface area contributed by atoms with Crippen LogP contribution in [0.1, 0.15) is 0 Å². The van der Waals surface area contributed by atoms with Gasteiger partial charge in [-0.15, -0.1) is 0 Å². The maximum atomic E-state index is 6.32. The monoisotopic (exact) mass is 698 g/mol. The van der Waals surface area contributed by atoms with Crippen molar-refractivity contribution < 1.29 is 4.42 Å². The third kappa shape index (κ3) is 5.24. The molecule has 11 aromatic rings. The minimum atomic E-state index is 0.901. The average Bonchev–Trinajstić information content (AvgIpc) is 3.63. The number of benzene rings is 10. The highest BCUT2D eigenvalue weighted by molar-refractivity contribution is 6.21. The molecule has 0 fully saturated rings. The van der Waals surface area contributed by atoms with Crippen LogP contribution in [0.2, 0.25) is 0 Å². The van der Waals surface area contributed by atoms with Gasteiger partial charge in [-0.1, -0.05) is 176 Å². The smallest absolute Gasteiger partial charge is 0.135 e. The van der Waals surface area contributed by atoms with E-state index in [2.05, 4.69) is 206 Å². The van der Waals surface area contributed by atoms with Gasteiger partial charge in [0.05, 0.1) is 0 Å². The topological polar surface area (TPSA) is 13.1 Å². The van der Waals surface area contributed by atoms with Crippen molar-refractivity contribution in [2.45, 2.75) is 0 Å². The van der Waals surface area contributed by atoms with Crippen LogP contribution in [0.25, 0.3) is 110 Å². The predicted molar refractivity (Wildman–Crippen MR) is 233 cm³/mol. The summed E-state index contributed by atoms with van der Waals surface area (Å²) < 4.78 is 6.32. The molecular weight excluding hydrogens is 665 g/mol. The summed E-state index contributed by atoms with van der Waals surface area (Å²) in [5.41, 5.74) is 13.9. The van der Waals surface area contributed by atoms with Gasteiger partial charge in [-0.2, -0.15) is 0 Å². The van der Waals surface area contributed by atoms with Gasteiger partial charge >= 0.3 is 0 Å². The first-order valence-corrected chi connectivity index (χ1v) is 18.9. The second-order valence-electron chi connectivity index (χ2n) is 14.4. The Bertz CT molecular complexity index is 3180. The molecule has 1 heteroatoms. The summed E-state index contributed by atoms with van der Waals surface area (Å²) in [7, 11) is 0. The van der Waals surface area contributed by atoms with Crippen LogP contribution in [0.5, 0.6) is 0 Å². The lowest BCUT2D eigenvalue weighted by Gasteiger charge is -2.18. The van der Waals surface area contributed by atoms with E-state index >= 15 is 0 Å². The molecule has 0 N–H and O–H groups in total. The molecule has 0 saturated carbocycles. The molecule has 1 nitrogen and oxygen atoms in total. The van der Waals surface area contributed by atoms with E-state index in [0.717, 1.165) is 21.9 Å². The molecule has 0 aliphatic rings. The number of furan rings is 1. The Balaban J connectivity index is 1.04. The largest absolute Gasteiger partial charge is 0.456 e. The third-order valence-electron chi connectivity index (χ3n) is 11.3. The summed E-state index contributed by atoms with van der Waals surface area (Å²) in [6, 6.07) is 74.8. The zero-order valence-corrected chi connectivity index (χ0v) is 30.0. The Kier molecular flexibility index (Phi) is 7.25. The maximum absolute atomic E-state index is 6.32.